The van der Waals surface area contributed by atoms with Crippen molar-refractivity contribution < 1.29 is 13.9 Å². The lowest BCUT2D eigenvalue weighted by molar-refractivity contribution is -0.126. The molecule has 0 spiro atoms. The summed E-state index contributed by atoms with van der Waals surface area (Å²) in [5.74, 6) is -0.0175. The van der Waals surface area contributed by atoms with Crippen molar-refractivity contribution in [2.45, 2.75) is 19.4 Å². The van der Waals surface area contributed by atoms with Gasteiger partial charge in [-0.25, -0.2) is 4.39 Å². The zero-order valence-electron chi connectivity index (χ0n) is 14.8. The Hall–Kier alpha value is -1.50. The lowest BCUT2D eigenvalue weighted by atomic mass is 9.96. The molecule has 2 fully saturated rings. The minimum atomic E-state index is -0.202. The van der Waals surface area contributed by atoms with Gasteiger partial charge in [0.05, 0.1) is 19.1 Å². The summed E-state index contributed by atoms with van der Waals surface area (Å²) in [4.78, 5) is 17.0. The van der Waals surface area contributed by atoms with Crippen molar-refractivity contribution in [3.05, 3.63) is 35.6 Å². The molecule has 1 N–H and O–H groups in total. The van der Waals surface area contributed by atoms with Crippen LogP contribution >= 0.6 is 0 Å². The van der Waals surface area contributed by atoms with Crippen LogP contribution in [0, 0.1) is 11.7 Å². The molecule has 3 rings (SSSR count). The first-order valence-corrected chi connectivity index (χ1v) is 9.25. The lowest BCUT2D eigenvalue weighted by Crippen LogP contribution is -2.45. The molecular formula is C19H28FN3O2. The van der Waals surface area contributed by atoms with Crippen LogP contribution < -0.4 is 5.32 Å². The smallest absolute Gasteiger partial charge is 0.224 e. The molecule has 0 unspecified atom stereocenters. The Morgan fingerprint density at radius 1 is 1.24 bits per heavy atom. The average Bonchev–Trinajstić information content (AvgIpc) is 2.63. The highest BCUT2D eigenvalue weighted by atomic mass is 19.1. The fraction of sp³-hybridized carbons (Fsp3) is 0.632. The van der Waals surface area contributed by atoms with Crippen LogP contribution in [-0.2, 0) is 16.1 Å². The number of nitrogens with zero attached hydrogens (tertiary/aromatic N) is 2. The second-order valence-corrected chi connectivity index (χ2v) is 6.95. The van der Waals surface area contributed by atoms with Gasteiger partial charge in [0.1, 0.15) is 5.82 Å². The number of rotatable bonds is 6. The number of benzene rings is 1. The van der Waals surface area contributed by atoms with Gasteiger partial charge in [-0.05, 0) is 37.1 Å². The lowest BCUT2D eigenvalue weighted by Gasteiger charge is -2.32. The van der Waals surface area contributed by atoms with E-state index in [-0.39, 0.29) is 17.6 Å². The molecule has 5 nitrogen and oxygen atoms in total. The summed E-state index contributed by atoms with van der Waals surface area (Å²) in [6.07, 6.45) is 1.94. The van der Waals surface area contributed by atoms with E-state index in [0.29, 0.717) is 13.1 Å². The van der Waals surface area contributed by atoms with E-state index in [0.717, 1.165) is 64.3 Å². The van der Waals surface area contributed by atoms with Crippen molar-refractivity contribution in [1.82, 2.24) is 15.1 Å². The Morgan fingerprint density at radius 2 is 2.08 bits per heavy atom. The van der Waals surface area contributed by atoms with Gasteiger partial charge < -0.3 is 10.1 Å². The number of halogens is 1. The largest absolute Gasteiger partial charge is 0.379 e. The Kier molecular flexibility index (Phi) is 6.78. The van der Waals surface area contributed by atoms with Crippen LogP contribution in [0.5, 0.6) is 0 Å². The van der Waals surface area contributed by atoms with E-state index < -0.39 is 0 Å². The molecule has 138 valence electrons. The number of amides is 1. The summed E-state index contributed by atoms with van der Waals surface area (Å²) in [6.45, 7) is 7.45. The van der Waals surface area contributed by atoms with E-state index >= 15 is 0 Å². The summed E-state index contributed by atoms with van der Waals surface area (Å²) in [6, 6.07) is 6.72. The fourth-order valence-electron chi connectivity index (χ4n) is 3.61. The first-order chi connectivity index (χ1) is 12.2. The highest BCUT2D eigenvalue weighted by Crippen LogP contribution is 2.19. The molecule has 25 heavy (non-hydrogen) atoms. The first kappa shape index (κ1) is 18.3. The fourth-order valence-corrected chi connectivity index (χ4v) is 3.61. The van der Waals surface area contributed by atoms with Crippen molar-refractivity contribution in [3.63, 3.8) is 0 Å². The summed E-state index contributed by atoms with van der Waals surface area (Å²) >= 11 is 0. The Bertz CT molecular complexity index is 563. The number of hydrogen-bond donors (Lipinski definition) is 1. The van der Waals surface area contributed by atoms with Crippen LogP contribution in [0.3, 0.4) is 0 Å². The zero-order chi connectivity index (χ0) is 17.5. The van der Waals surface area contributed by atoms with Gasteiger partial charge >= 0.3 is 0 Å². The topological polar surface area (TPSA) is 44.8 Å². The minimum absolute atomic E-state index is 0.0343. The van der Waals surface area contributed by atoms with Crippen LogP contribution in [0.2, 0.25) is 0 Å². The number of piperidine rings is 1. The quantitative estimate of drug-likeness (QED) is 0.845. The maximum atomic E-state index is 13.3. The highest BCUT2D eigenvalue weighted by Gasteiger charge is 2.25. The van der Waals surface area contributed by atoms with Crippen LogP contribution in [0.15, 0.2) is 24.3 Å². The highest BCUT2D eigenvalue weighted by molar-refractivity contribution is 5.78. The normalized spacial score (nSPS) is 22.7. The van der Waals surface area contributed by atoms with E-state index in [1.165, 1.54) is 6.07 Å². The van der Waals surface area contributed by atoms with Crippen molar-refractivity contribution >= 4 is 5.91 Å². The average molecular weight is 349 g/mol. The van der Waals surface area contributed by atoms with Gasteiger partial charge in [0.2, 0.25) is 5.91 Å². The predicted molar refractivity (Wildman–Crippen MR) is 94.7 cm³/mol. The summed E-state index contributed by atoms with van der Waals surface area (Å²) in [7, 11) is 0. The molecular weight excluding hydrogens is 321 g/mol. The number of morpholine rings is 1. The Labute approximate surface area is 149 Å². The van der Waals surface area contributed by atoms with Crippen molar-refractivity contribution in [2.75, 3.05) is 52.5 Å². The number of nitrogens with one attached hydrogen (secondary N) is 1. The first-order valence-electron chi connectivity index (χ1n) is 9.25. The molecule has 1 atom stereocenters. The summed E-state index contributed by atoms with van der Waals surface area (Å²) in [5.41, 5.74) is 0.966. The zero-order valence-corrected chi connectivity index (χ0v) is 14.8. The third-order valence-corrected chi connectivity index (χ3v) is 5.00. The molecule has 2 heterocycles. The molecule has 0 radical (unpaired) electrons. The van der Waals surface area contributed by atoms with E-state index in [2.05, 4.69) is 15.1 Å². The van der Waals surface area contributed by atoms with Crippen molar-refractivity contribution in [3.8, 4) is 0 Å². The molecule has 1 amide bonds. The van der Waals surface area contributed by atoms with Crippen LogP contribution in [0.1, 0.15) is 18.4 Å². The third kappa shape index (κ3) is 5.76. The van der Waals surface area contributed by atoms with E-state index in [9.17, 15) is 9.18 Å². The molecule has 1 aromatic rings. The second-order valence-electron chi connectivity index (χ2n) is 6.95. The number of hydrogen-bond acceptors (Lipinski definition) is 4. The molecule has 0 aromatic heterocycles. The maximum Gasteiger partial charge on any atom is 0.224 e. The SMILES string of the molecule is O=C(NCCN1CCOCC1)[C@H]1CCCN(Cc2cccc(F)c2)C1. The van der Waals surface area contributed by atoms with Crippen LogP contribution in [0.4, 0.5) is 4.39 Å². The minimum Gasteiger partial charge on any atom is -0.379 e. The van der Waals surface area contributed by atoms with Gasteiger partial charge in [0.25, 0.3) is 0 Å². The van der Waals surface area contributed by atoms with Gasteiger partial charge in [0.15, 0.2) is 0 Å². The molecule has 2 aliphatic rings. The van der Waals surface area contributed by atoms with Crippen LogP contribution in [-0.4, -0.2) is 68.2 Å². The number of carbonyl (C=O) groups excluding carboxylic acids is 1. The molecule has 0 bridgehead atoms. The molecule has 1 aromatic carbocycles. The molecule has 2 saturated heterocycles. The molecule has 6 heteroatoms. The van der Waals surface area contributed by atoms with Gasteiger partial charge in [-0.15, -0.1) is 0 Å². The van der Waals surface area contributed by atoms with E-state index in [1.807, 2.05) is 6.07 Å². The maximum absolute atomic E-state index is 13.3. The molecule has 0 saturated carbocycles. The van der Waals surface area contributed by atoms with Gasteiger partial charge in [-0.3, -0.25) is 14.6 Å². The monoisotopic (exact) mass is 349 g/mol. The predicted octanol–water partition coefficient (Wildman–Crippen LogP) is 1.49. The third-order valence-electron chi connectivity index (χ3n) is 5.00. The van der Waals surface area contributed by atoms with Gasteiger partial charge in [-0.1, -0.05) is 12.1 Å². The second kappa shape index (κ2) is 9.27. The van der Waals surface area contributed by atoms with Gasteiger partial charge in [0, 0.05) is 39.3 Å². The number of ether oxygens (including phenoxy) is 1. The number of likely N-dealkylation sites (tertiary alicyclic amines) is 1. The standard InChI is InChI=1S/C19H28FN3O2/c20-18-5-1-3-16(13-18)14-23-7-2-4-17(15-23)19(24)21-6-8-22-9-11-25-12-10-22/h1,3,5,13,17H,2,4,6-12,14-15H2,(H,21,24)/t17-/m0/s1. The molecule has 2 aliphatic heterocycles. The van der Waals surface area contributed by atoms with Crippen molar-refractivity contribution in [1.29, 1.82) is 0 Å². The summed E-state index contributed by atoms with van der Waals surface area (Å²) < 4.78 is 18.7. The van der Waals surface area contributed by atoms with Gasteiger partial charge in [-0.2, -0.15) is 0 Å². The Morgan fingerprint density at radius 3 is 2.88 bits per heavy atom. The van der Waals surface area contributed by atoms with E-state index in [4.69, 9.17) is 4.74 Å². The summed E-state index contributed by atoms with van der Waals surface area (Å²) in [5, 5.41) is 3.09. The van der Waals surface area contributed by atoms with Crippen LogP contribution in [0.25, 0.3) is 0 Å². The Balaban J connectivity index is 1.41. The number of carbonyl (C=O) groups is 1. The van der Waals surface area contributed by atoms with E-state index in [1.54, 1.807) is 12.1 Å². The molecule has 0 aliphatic carbocycles. The van der Waals surface area contributed by atoms with Crippen molar-refractivity contribution in [2.24, 2.45) is 5.92 Å².